The standard InChI is InChI=1S/C12H16N2O3/c13-11(15)7-6-10(12(16)17)14-8-9-4-2-1-3-5-9/h1-5,10,14H,6-8H2,(H2,13,15)(H,16,17). The molecule has 1 amide bonds. The van der Waals surface area contributed by atoms with Crippen LogP contribution in [-0.4, -0.2) is 23.0 Å². The van der Waals surface area contributed by atoms with Gasteiger partial charge in [0, 0.05) is 13.0 Å². The zero-order valence-corrected chi connectivity index (χ0v) is 9.43. The number of primary amides is 1. The van der Waals surface area contributed by atoms with E-state index in [1.165, 1.54) is 0 Å². The summed E-state index contributed by atoms with van der Waals surface area (Å²) in [5, 5.41) is 11.8. The SMILES string of the molecule is NC(=O)CCC(NCc1ccccc1)C(=O)O. The fourth-order valence-electron chi connectivity index (χ4n) is 1.44. The highest BCUT2D eigenvalue weighted by Crippen LogP contribution is 2.02. The van der Waals surface area contributed by atoms with Crippen molar-refractivity contribution in [1.82, 2.24) is 5.32 Å². The summed E-state index contributed by atoms with van der Waals surface area (Å²) in [7, 11) is 0. The van der Waals surface area contributed by atoms with Crippen LogP contribution in [0.25, 0.3) is 0 Å². The first kappa shape index (κ1) is 13.2. The lowest BCUT2D eigenvalue weighted by molar-refractivity contribution is -0.139. The molecular weight excluding hydrogens is 220 g/mol. The summed E-state index contributed by atoms with van der Waals surface area (Å²) >= 11 is 0. The Kier molecular flexibility index (Phi) is 5.16. The lowest BCUT2D eigenvalue weighted by Gasteiger charge is -2.13. The number of rotatable bonds is 7. The average Bonchev–Trinajstić information content (AvgIpc) is 2.29. The minimum Gasteiger partial charge on any atom is -0.480 e. The maximum Gasteiger partial charge on any atom is 0.320 e. The van der Waals surface area contributed by atoms with Crippen LogP contribution in [0.5, 0.6) is 0 Å². The van der Waals surface area contributed by atoms with Crippen LogP contribution in [0.3, 0.4) is 0 Å². The van der Waals surface area contributed by atoms with Crippen LogP contribution in [0, 0.1) is 0 Å². The number of carbonyl (C=O) groups is 2. The molecule has 0 heterocycles. The molecule has 0 saturated heterocycles. The zero-order valence-electron chi connectivity index (χ0n) is 9.43. The molecule has 0 aliphatic rings. The molecule has 1 rings (SSSR count). The molecule has 5 heteroatoms. The third-order valence-corrected chi connectivity index (χ3v) is 2.37. The Labute approximate surface area is 99.6 Å². The number of hydrogen-bond acceptors (Lipinski definition) is 3. The molecule has 5 nitrogen and oxygen atoms in total. The molecule has 1 atom stereocenters. The molecule has 4 N–H and O–H groups in total. The summed E-state index contributed by atoms with van der Waals surface area (Å²) in [4.78, 5) is 21.5. The van der Waals surface area contributed by atoms with Gasteiger partial charge in [-0.1, -0.05) is 30.3 Å². The van der Waals surface area contributed by atoms with Gasteiger partial charge in [0.05, 0.1) is 0 Å². The fraction of sp³-hybridized carbons (Fsp3) is 0.333. The van der Waals surface area contributed by atoms with Crippen LogP contribution in [0.2, 0.25) is 0 Å². The van der Waals surface area contributed by atoms with Gasteiger partial charge in [-0.25, -0.2) is 0 Å². The van der Waals surface area contributed by atoms with Crippen LogP contribution >= 0.6 is 0 Å². The molecule has 1 aromatic rings. The van der Waals surface area contributed by atoms with E-state index in [0.717, 1.165) is 5.56 Å². The summed E-state index contributed by atoms with van der Waals surface area (Å²) in [6.07, 6.45) is 0.274. The number of nitrogens with two attached hydrogens (primary N) is 1. The Hall–Kier alpha value is -1.88. The van der Waals surface area contributed by atoms with Crippen LogP contribution < -0.4 is 11.1 Å². The highest BCUT2D eigenvalue weighted by Gasteiger charge is 2.17. The van der Waals surface area contributed by atoms with Gasteiger partial charge in [-0.15, -0.1) is 0 Å². The molecule has 0 saturated carbocycles. The summed E-state index contributed by atoms with van der Waals surface area (Å²) in [5.41, 5.74) is 5.99. The quantitative estimate of drug-likeness (QED) is 0.642. The monoisotopic (exact) mass is 236 g/mol. The van der Waals surface area contributed by atoms with Gasteiger partial charge in [0.1, 0.15) is 6.04 Å². The fourth-order valence-corrected chi connectivity index (χ4v) is 1.44. The van der Waals surface area contributed by atoms with Crippen molar-refractivity contribution >= 4 is 11.9 Å². The van der Waals surface area contributed by atoms with Gasteiger partial charge in [0.15, 0.2) is 0 Å². The second-order valence-electron chi connectivity index (χ2n) is 3.76. The van der Waals surface area contributed by atoms with E-state index in [0.29, 0.717) is 6.54 Å². The van der Waals surface area contributed by atoms with Gasteiger partial charge in [0.25, 0.3) is 0 Å². The lowest BCUT2D eigenvalue weighted by atomic mass is 10.1. The van der Waals surface area contributed by atoms with Gasteiger partial charge in [-0.2, -0.15) is 0 Å². The minimum absolute atomic E-state index is 0.0682. The topological polar surface area (TPSA) is 92.4 Å². The summed E-state index contributed by atoms with van der Waals surface area (Å²) < 4.78 is 0. The van der Waals surface area contributed by atoms with Crippen molar-refractivity contribution in [2.24, 2.45) is 5.73 Å². The van der Waals surface area contributed by atoms with Crippen LogP contribution in [0.15, 0.2) is 30.3 Å². The predicted molar refractivity (Wildman–Crippen MR) is 63.1 cm³/mol. The Bertz CT molecular complexity index is 379. The minimum atomic E-state index is -0.970. The molecular formula is C12H16N2O3. The van der Waals surface area contributed by atoms with E-state index in [9.17, 15) is 9.59 Å². The third kappa shape index (κ3) is 5.12. The summed E-state index contributed by atoms with van der Waals surface area (Å²) in [6.45, 7) is 0.455. The molecule has 0 radical (unpaired) electrons. The van der Waals surface area contributed by atoms with E-state index in [1.807, 2.05) is 30.3 Å². The van der Waals surface area contributed by atoms with E-state index in [2.05, 4.69) is 5.32 Å². The van der Waals surface area contributed by atoms with Crippen molar-refractivity contribution in [3.05, 3.63) is 35.9 Å². The number of benzene rings is 1. The molecule has 0 aliphatic heterocycles. The number of carbonyl (C=O) groups excluding carboxylic acids is 1. The summed E-state index contributed by atoms with van der Waals surface area (Å²) in [6, 6.07) is 8.72. The first-order valence-electron chi connectivity index (χ1n) is 5.38. The van der Waals surface area contributed by atoms with Gasteiger partial charge in [-0.3, -0.25) is 9.59 Å². The number of amides is 1. The maximum absolute atomic E-state index is 10.9. The van der Waals surface area contributed by atoms with E-state index in [4.69, 9.17) is 10.8 Å². The van der Waals surface area contributed by atoms with Crippen molar-refractivity contribution in [3.63, 3.8) is 0 Å². The van der Waals surface area contributed by atoms with Gasteiger partial charge in [-0.05, 0) is 12.0 Å². The first-order valence-corrected chi connectivity index (χ1v) is 5.38. The second-order valence-corrected chi connectivity index (χ2v) is 3.76. The van der Waals surface area contributed by atoms with Gasteiger partial charge in [0.2, 0.25) is 5.91 Å². The maximum atomic E-state index is 10.9. The molecule has 92 valence electrons. The van der Waals surface area contributed by atoms with Crippen LogP contribution in [-0.2, 0) is 16.1 Å². The third-order valence-electron chi connectivity index (χ3n) is 2.37. The lowest BCUT2D eigenvalue weighted by Crippen LogP contribution is -2.37. The highest BCUT2D eigenvalue weighted by molar-refractivity contribution is 5.77. The van der Waals surface area contributed by atoms with Crippen molar-refractivity contribution in [3.8, 4) is 0 Å². The van der Waals surface area contributed by atoms with E-state index >= 15 is 0 Å². The number of nitrogens with one attached hydrogen (secondary N) is 1. The van der Waals surface area contributed by atoms with Gasteiger partial charge >= 0.3 is 5.97 Å². The molecule has 17 heavy (non-hydrogen) atoms. The second kappa shape index (κ2) is 6.65. The molecule has 1 aromatic carbocycles. The Morgan fingerprint density at radius 3 is 2.47 bits per heavy atom. The highest BCUT2D eigenvalue weighted by atomic mass is 16.4. The molecule has 0 bridgehead atoms. The predicted octanol–water partition coefficient (Wildman–Crippen LogP) is 0.495. The molecule has 0 aromatic heterocycles. The van der Waals surface area contributed by atoms with Crippen molar-refractivity contribution < 1.29 is 14.7 Å². The van der Waals surface area contributed by atoms with Crippen LogP contribution in [0.1, 0.15) is 18.4 Å². The van der Waals surface area contributed by atoms with E-state index < -0.39 is 17.9 Å². The normalized spacial score (nSPS) is 12.0. The van der Waals surface area contributed by atoms with Crippen LogP contribution in [0.4, 0.5) is 0 Å². The molecule has 1 unspecified atom stereocenters. The molecule has 0 fully saturated rings. The Morgan fingerprint density at radius 1 is 1.29 bits per heavy atom. The van der Waals surface area contributed by atoms with E-state index in [-0.39, 0.29) is 12.8 Å². The first-order chi connectivity index (χ1) is 8.09. The smallest absolute Gasteiger partial charge is 0.320 e. The number of hydrogen-bond donors (Lipinski definition) is 3. The Morgan fingerprint density at radius 2 is 1.94 bits per heavy atom. The number of carboxylic acids is 1. The molecule has 0 aliphatic carbocycles. The average molecular weight is 236 g/mol. The number of carboxylic acid groups (broad SMARTS) is 1. The number of aliphatic carboxylic acids is 1. The van der Waals surface area contributed by atoms with Gasteiger partial charge < -0.3 is 16.2 Å². The van der Waals surface area contributed by atoms with Crippen molar-refractivity contribution in [1.29, 1.82) is 0 Å². The van der Waals surface area contributed by atoms with Crippen molar-refractivity contribution in [2.45, 2.75) is 25.4 Å². The largest absolute Gasteiger partial charge is 0.480 e. The molecule has 0 spiro atoms. The summed E-state index contributed by atoms with van der Waals surface area (Å²) in [5.74, 6) is -1.46. The van der Waals surface area contributed by atoms with Crippen molar-refractivity contribution in [2.75, 3.05) is 0 Å². The Balaban J connectivity index is 2.45. The zero-order chi connectivity index (χ0) is 12.7. The van der Waals surface area contributed by atoms with E-state index in [1.54, 1.807) is 0 Å².